The number of para-hydroxylation sites is 2. The smallest absolute Gasteiger partial charge is 0.251 e. The predicted molar refractivity (Wildman–Crippen MR) is 114 cm³/mol. The van der Waals surface area contributed by atoms with Crippen molar-refractivity contribution in [3.05, 3.63) is 89.5 Å². The highest BCUT2D eigenvalue weighted by molar-refractivity contribution is 6.01. The molecule has 0 fully saturated rings. The van der Waals surface area contributed by atoms with Gasteiger partial charge in [-0.25, -0.2) is 0 Å². The fraction of sp³-hybridized carbons (Fsp3) is 0.167. The van der Waals surface area contributed by atoms with Gasteiger partial charge < -0.3 is 15.4 Å². The maximum Gasteiger partial charge on any atom is 0.251 e. The highest BCUT2D eigenvalue weighted by Gasteiger charge is 2.18. The van der Waals surface area contributed by atoms with Gasteiger partial charge in [0.1, 0.15) is 11.8 Å². The van der Waals surface area contributed by atoms with Crippen molar-refractivity contribution in [2.75, 3.05) is 5.32 Å². The molecular weight excluding hydrogens is 364 g/mol. The number of ether oxygens (including phenoxy) is 1. The summed E-state index contributed by atoms with van der Waals surface area (Å²) in [4.78, 5) is 25.0. The Morgan fingerprint density at radius 2 is 1.59 bits per heavy atom. The third kappa shape index (κ3) is 5.45. The van der Waals surface area contributed by atoms with E-state index in [1.165, 1.54) is 0 Å². The number of hydrogen-bond donors (Lipinski definition) is 2. The van der Waals surface area contributed by atoms with Crippen LogP contribution in [-0.2, 0) is 4.79 Å². The van der Waals surface area contributed by atoms with E-state index in [0.717, 1.165) is 11.1 Å². The molecule has 3 rings (SSSR count). The second kappa shape index (κ2) is 9.06. The number of rotatable bonds is 6. The Morgan fingerprint density at radius 1 is 0.862 bits per heavy atom. The number of carbonyl (C=O) groups excluding carboxylic acids is 2. The molecule has 0 saturated carbocycles. The summed E-state index contributed by atoms with van der Waals surface area (Å²) in [6.45, 7) is 5.56. The zero-order valence-corrected chi connectivity index (χ0v) is 16.7. The Bertz CT molecular complexity index is 1010. The van der Waals surface area contributed by atoms with Crippen LogP contribution < -0.4 is 15.4 Å². The molecule has 0 aliphatic rings. The maximum atomic E-state index is 12.6. The first-order valence-electron chi connectivity index (χ1n) is 9.44. The molecule has 0 aliphatic carbocycles. The monoisotopic (exact) mass is 388 g/mol. The Balaban J connectivity index is 1.67. The molecule has 29 heavy (non-hydrogen) atoms. The molecule has 0 heterocycles. The first kappa shape index (κ1) is 20.1. The van der Waals surface area contributed by atoms with Gasteiger partial charge in [0.2, 0.25) is 5.91 Å². The van der Waals surface area contributed by atoms with Gasteiger partial charge in [0.25, 0.3) is 5.91 Å². The van der Waals surface area contributed by atoms with Crippen LogP contribution in [0.2, 0.25) is 0 Å². The van der Waals surface area contributed by atoms with Gasteiger partial charge in [0, 0.05) is 5.56 Å². The lowest BCUT2D eigenvalue weighted by Crippen LogP contribution is -2.41. The molecule has 0 spiro atoms. The molecule has 5 nitrogen and oxygen atoms in total. The van der Waals surface area contributed by atoms with E-state index >= 15 is 0 Å². The topological polar surface area (TPSA) is 67.4 Å². The molecule has 148 valence electrons. The second-order valence-electron chi connectivity index (χ2n) is 6.97. The van der Waals surface area contributed by atoms with Crippen molar-refractivity contribution in [2.24, 2.45) is 0 Å². The Labute approximate surface area is 170 Å². The lowest BCUT2D eigenvalue weighted by Gasteiger charge is -2.16. The summed E-state index contributed by atoms with van der Waals surface area (Å²) in [7, 11) is 0. The van der Waals surface area contributed by atoms with Crippen molar-refractivity contribution in [1.82, 2.24) is 5.32 Å². The number of carbonyl (C=O) groups is 2. The van der Waals surface area contributed by atoms with Crippen LogP contribution in [0.1, 0.15) is 28.4 Å². The van der Waals surface area contributed by atoms with Gasteiger partial charge in [-0.3, -0.25) is 9.59 Å². The SMILES string of the molecule is Cc1ccc(Oc2ccccc2NC(=O)[C@@H](C)NC(=O)c2cccc(C)c2)cc1. The zero-order chi connectivity index (χ0) is 20.8. The Hall–Kier alpha value is -3.60. The van der Waals surface area contributed by atoms with Crippen LogP contribution in [-0.4, -0.2) is 17.9 Å². The minimum Gasteiger partial charge on any atom is -0.455 e. The lowest BCUT2D eigenvalue weighted by molar-refractivity contribution is -0.117. The van der Waals surface area contributed by atoms with Gasteiger partial charge in [-0.05, 0) is 57.2 Å². The van der Waals surface area contributed by atoms with Crippen molar-refractivity contribution >= 4 is 17.5 Å². The third-order valence-electron chi connectivity index (χ3n) is 4.41. The van der Waals surface area contributed by atoms with Crippen LogP contribution in [0.5, 0.6) is 11.5 Å². The van der Waals surface area contributed by atoms with E-state index in [1.807, 2.05) is 62.4 Å². The van der Waals surface area contributed by atoms with E-state index in [0.29, 0.717) is 22.7 Å². The van der Waals surface area contributed by atoms with E-state index < -0.39 is 6.04 Å². The number of hydrogen-bond acceptors (Lipinski definition) is 3. The Morgan fingerprint density at radius 3 is 2.31 bits per heavy atom. The van der Waals surface area contributed by atoms with E-state index in [4.69, 9.17) is 4.74 Å². The minimum absolute atomic E-state index is 0.291. The minimum atomic E-state index is -0.713. The van der Waals surface area contributed by atoms with Crippen LogP contribution in [0, 0.1) is 13.8 Å². The molecule has 2 N–H and O–H groups in total. The van der Waals surface area contributed by atoms with Crippen molar-refractivity contribution in [2.45, 2.75) is 26.8 Å². The zero-order valence-electron chi connectivity index (χ0n) is 16.7. The molecular formula is C24H24N2O3. The molecule has 5 heteroatoms. The van der Waals surface area contributed by atoms with Crippen LogP contribution in [0.4, 0.5) is 5.69 Å². The fourth-order valence-electron chi connectivity index (χ4n) is 2.76. The average Bonchev–Trinajstić information content (AvgIpc) is 2.71. The number of amides is 2. The highest BCUT2D eigenvalue weighted by Crippen LogP contribution is 2.29. The Kier molecular flexibility index (Phi) is 6.29. The molecule has 0 aliphatic heterocycles. The summed E-state index contributed by atoms with van der Waals surface area (Å²) in [5.41, 5.74) is 3.18. The van der Waals surface area contributed by atoms with E-state index in [9.17, 15) is 9.59 Å². The van der Waals surface area contributed by atoms with Crippen LogP contribution in [0.15, 0.2) is 72.8 Å². The standard InChI is InChI=1S/C24H24N2O3/c1-16-11-13-20(14-12-16)29-22-10-5-4-9-21(22)26-23(27)18(3)25-24(28)19-8-6-7-17(2)15-19/h4-15,18H,1-3H3,(H,25,28)(H,26,27)/t18-/m1/s1. The van der Waals surface area contributed by atoms with Gasteiger partial charge in [-0.1, -0.05) is 47.5 Å². The van der Waals surface area contributed by atoms with Crippen molar-refractivity contribution in [3.8, 4) is 11.5 Å². The molecule has 3 aromatic rings. The van der Waals surface area contributed by atoms with Crippen molar-refractivity contribution in [3.63, 3.8) is 0 Å². The number of anilines is 1. The fourth-order valence-corrected chi connectivity index (χ4v) is 2.76. The van der Waals surface area contributed by atoms with Crippen molar-refractivity contribution in [1.29, 1.82) is 0 Å². The summed E-state index contributed by atoms with van der Waals surface area (Å²) in [6, 6.07) is 21.4. The number of benzene rings is 3. The number of nitrogens with one attached hydrogen (secondary N) is 2. The first-order chi connectivity index (χ1) is 13.9. The quantitative estimate of drug-likeness (QED) is 0.634. The van der Waals surface area contributed by atoms with E-state index in [-0.39, 0.29) is 11.8 Å². The molecule has 0 saturated heterocycles. The molecule has 0 aromatic heterocycles. The van der Waals surface area contributed by atoms with Gasteiger partial charge in [0.15, 0.2) is 5.75 Å². The summed E-state index contributed by atoms with van der Waals surface area (Å²) >= 11 is 0. The van der Waals surface area contributed by atoms with Crippen LogP contribution in [0.3, 0.4) is 0 Å². The van der Waals surface area contributed by atoms with Gasteiger partial charge in [0.05, 0.1) is 5.69 Å². The van der Waals surface area contributed by atoms with Gasteiger partial charge in [-0.2, -0.15) is 0 Å². The van der Waals surface area contributed by atoms with Crippen LogP contribution in [0.25, 0.3) is 0 Å². The van der Waals surface area contributed by atoms with E-state index in [2.05, 4.69) is 10.6 Å². The molecule has 2 amide bonds. The van der Waals surface area contributed by atoms with Crippen LogP contribution >= 0.6 is 0 Å². The second-order valence-corrected chi connectivity index (χ2v) is 6.97. The summed E-state index contributed by atoms with van der Waals surface area (Å²) in [6.07, 6.45) is 0. The van der Waals surface area contributed by atoms with Gasteiger partial charge in [-0.15, -0.1) is 0 Å². The predicted octanol–water partition coefficient (Wildman–Crippen LogP) is 4.85. The molecule has 0 unspecified atom stereocenters. The molecule has 0 radical (unpaired) electrons. The summed E-state index contributed by atoms with van der Waals surface area (Å²) in [5.74, 6) is 0.589. The summed E-state index contributed by atoms with van der Waals surface area (Å²) in [5, 5.41) is 5.56. The maximum absolute atomic E-state index is 12.6. The largest absolute Gasteiger partial charge is 0.455 e. The lowest BCUT2D eigenvalue weighted by atomic mass is 10.1. The summed E-state index contributed by atoms with van der Waals surface area (Å²) < 4.78 is 5.91. The van der Waals surface area contributed by atoms with Crippen molar-refractivity contribution < 1.29 is 14.3 Å². The normalized spacial score (nSPS) is 11.4. The first-order valence-corrected chi connectivity index (χ1v) is 9.44. The molecule has 3 aromatic carbocycles. The average molecular weight is 388 g/mol. The van der Waals surface area contributed by atoms with E-state index in [1.54, 1.807) is 31.2 Å². The third-order valence-corrected chi connectivity index (χ3v) is 4.41. The molecule has 1 atom stereocenters. The molecule has 0 bridgehead atoms. The van der Waals surface area contributed by atoms with Gasteiger partial charge >= 0.3 is 0 Å². The highest BCUT2D eigenvalue weighted by atomic mass is 16.5. The number of aryl methyl sites for hydroxylation is 2.